The van der Waals surface area contributed by atoms with Crippen LogP contribution in [0.5, 0.6) is 0 Å². The number of hydrogen-bond acceptors (Lipinski definition) is 4. The SMILES string of the molecule is Cc1ncnc(NC2CCOC2)c1F. The van der Waals surface area contributed by atoms with Crippen molar-refractivity contribution in [2.24, 2.45) is 0 Å². The third-order valence-corrected chi connectivity index (χ3v) is 2.23. The molecule has 0 amide bonds. The second-order valence-electron chi connectivity index (χ2n) is 3.33. The van der Waals surface area contributed by atoms with Gasteiger partial charge in [0.1, 0.15) is 6.33 Å². The maximum atomic E-state index is 13.4. The molecule has 1 unspecified atom stereocenters. The van der Waals surface area contributed by atoms with E-state index in [1.165, 1.54) is 6.33 Å². The maximum Gasteiger partial charge on any atom is 0.186 e. The van der Waals surface area contributed by atoms with Crippen LogP contribution in [0, 0.1) is 12.7 Å². The van der Waals surface area contributed by atoms with E-state index in [4.69, 9.17) is 4.74 Å². The monoisotopic (exact) mass is 197 g/mol. The van der Waals surface area contributed by atoms with Gasteiger partial charge >= 0.3 is 0 Å². The summed E-state index contributed by atoms with van der Waals surface area (Å²) in [5.74, 6) is -0.104. The van der Waals surface area contributed by atoms with Gasteiger partial charge in [0, 0.05) is 6.61 Å². The van der Waals surface area contributed by atoms with E-state index in [0.29, 0.717) is 12.3 Å². The fraction of sp³-hybridized carbons (Fsp3) is 0.556. The molecule has 2 rings (SSSR count). The summed E-state index contributed by atoms with van der Waals surface area (Å²) >= 11 is 0. The molecule has 76 valence electrons. The standard InChI is InChI=1S/C9H12FN3O/c1-6-8(10)9(12-5-11-6)13-7-2-3-14-4-7/h5,7H,2-4H2,1H3,(H,11,12,13). The van der Waals surface area contributed by atoms with Gasteiger partial charge in [0.25, 0.3) is 0 Å². The molecular weight excluding hydrogens is 185 g/mol. The molecular formula is C9H12FN3O. The lowest BCUT2D eigenvalue weighted by Gasteiger charge is -2.11. The zero-order valence-electron chi connectivity index (χ0n) is 7.96. The van der Waals surface area contributed by atoms with Crippen LogP contribution in [0.3, 0.4) is 0 Å². The maximum absolute atomic E-state index is 13.4. The van der Waals surface area contributed by atoms with Crippen molar-refractivity contribution in [1.82, 2.24) is 9.97 Å². The minimum Gasteiger partial charge on any atom is -0.379 e. The van der Waals surface area contributed by atoms with Crippen LogP contribution in [-0.4, -0.2) is 29.2 Å². The van der Waals surface area contributed by atoms with Crippen LogP contribution in [0.4, 0.5) is 10.2 Å². The highest BCUT2D eigenvalue weighted by atomic mass is 19.1. The Balaban J connectivity index is 2.11. The molecule has 0 bridgehead atoms. The van der Waals surface area contributed by atoms with Crippen molar-refractivity contribution >= 4 is 5.82 Å². The molecule has 4 nitrogen and oxygen atoms in total. The minimum atomic E-state index is -0.376. The van der Waals surface area contributed by atoms with Gasteiger partial charge in [-0.25, -0.2) is 14.4 Å². The van der Waals surface area contributed by atoms with E-state index >= 15 is 0 Å². The number of halogens is 1. The highest BCUT2D eigenvalue weighted by Gasteiger charge is 2.18. The van der Waals surface area contributed by atoms with Crippen LogP contribution in [0.1, 0.15) is 12.1 Å². The third-order valence-electron chi connectivity index (χ3n) is 2.23. The zero-order chi connectivity index (χ0) is 9.97. The normalized spacial score (nSPS) is 21.1. The highest BCUT2D eigenvalue weighted by Crippen LogP contribution is 2.15. The fourth-order valence-corrected chi connectivity index (χ4v) is 1.40. The topological polar surface area (TPSA) is 47.0 Å². The van der Waals surface area contributed by atoms with Crippen LogP contribution in [-0.2, 0) is 4.74 Å². The van der Waals surface area contributed by atoms with Crippen molar-refractivity contribution in [2.45, 2.75) is 19.4 Å². The van der Waals surface area contributed by atoms with Gasteiger partial charge in [0.05, 0.1) is 18.3 Å². The van der Waals surface area contributed by atoms with E-state index in [1.54, 1.807) is 6.92 Å². The lowest BCUT2D eigenvalue weighted by Crippen LogP contribution is -2.21. The summed E-state index contributed by atoms with van der Waals surface area (Å²) in [6.45, 7) is 2.96. The van der Waals surface area contributed by atoms with E-state index < -0.39 is 0 Å². The first kappa shape index (κ1) is 9.33. The average Bonchev–Trinajstić information content (AvgIpc) is 2.66. The smallest absolute Gasteiger partial charge is 0.186 e. The molecule has 1 aliphatic heterocycles. The van der Waals surface area contributed by atoms with Crippen molar-refractivity contribution < 1.29 is 9.13 Å². The molecule has 0 aliphatic carbocycles. The summed E-state index contributed by atoms with van der Waals surface area (Å²) < 4.78 is 18.6. The Bertz CT molecular complexity index is 326. The molecule has 1 aromatic rings. The number of rotatable bonds is 2. The van der Waals surface area contributed by atoms with Crippen LogP contribution in [0.2, 0.25) is 0 Å². The first-order valence-corrected chi connectivity index (χ1v) is 4.59. The van der Waals surface area contributed by atoms with Gasteiger partial charge in [0.15, 0.2) is 11.6 Å². The van der Waals surface area contributed by atoms with Gasteiger partial charge in [-0.2, -0.15) is 0 Å². The molecule has 1 N–H and O–H groups in total. The fourth-order valence-electron chi connectivity index (χ4n) is 1.40. The Morgan fingerprint density at radius 2 is 2.43 bits per heavy atom. The number of aromatic nitrogens is 2. The number of nitrogens with zero attached hydrogens (tertiary/aromatic N) is 2. The Labute approximate surface area is 81.5 Å². The lowest BCUT2D eigenvalue weighted by molar-refractivity contribution is 0.195. The van der Waals surface area contributed by atoms with E-state index in [-0.39, 0.29) is 17.7 Å². The largest absolute Gasteiger partial charge is 0.379 e. The third kappa shape index (κ3) is 1.82. The molecule has 5 heteroatoms. The number of aryl methyl sites for hydroxylation is 1. The molecule has 0 saturated carbocycles. The minimum absolute atomic E-state index is 0.166. The van der Waals surface area contributed by atoms with Crippen molar-refractivity contribution in [1.29, 1.82) is 0 Å². The van der Waals surface area contributed by atoms with Gasteiger partial charge in [-0.1, -0.05) is 0 Å². The van der Waals surface area contributed by atoms with E-state index in [2.05, 4.69) is 15.3 Å². The summed E-state index contributed by atoms with van der Waals surface area (Å²) in [6, 6.07) is 0.166. The molecule has 1 atom stereocenters. The van der Waals surface area contributed by atoms with E-state index in [1.807, 2.05) is 0 Å². The average molecular weight is 197 g/mol. The predicted octanol–water partition coefficient (Wildman–Crippen LogP) is 1.12. The van der Waals surface area contributed by atoms with Gasteiger partial charge < -0.3 is 10.1 Å². The van der Waals surface area contributed by atoms with E-state index in [0.717, 1.165) is 13.0 Å². The molecule has 2 heterocycles. The Kier molecular flexibility index (Phi) is 2.58. The second-order valence-corrected chi connectivity index (χ2v) is 3.33. The molecule has 14 heavy (non-hydrogen) atoms. The molecule has 0 aromatic carbocycles. The number of hydrogen-bond donors (Lipinski definition) is 1. The second kappa shape index (κ2) is 3.88. The van der Waals surface area contributed by atoms with Crippen LogP contribution in [0.15, 0.2) is 6.33 Å². The summed E-state index contributed by atoms with van der Waals surface area (Å²) in [5, 5.41) is 3.00. The predicted molar refractivity (Wildman–Crippen MR) is 49.6 cm³/mol. The Morgan fingerprint density at radius 3 is 3.14 bits per heavy atom. The number of anilines is 1. The van der Waals surface area contributed by atoms with Crippen molar-refractivity contribution in [2.75, 3.05) is 18.5 Å². The van der Waals surface area contributed by atoms with Crippen LogP contribution >= 0.6 is 0 Å². The zero-order valence-corrected chi connectivity index (χ0v) is 7.96. The Hall–Kier alpha value is -1.23. The molecule has 1 saturated heterocycles. The van der Waals surface area contributed by atoms with Crippen molar-refractivity contribution in [3.8, 4) is 0 Å². The summed E-state index contributed by atoms with van der Waals surface area (Å²) in [7, 11) is 0. The van der Waals surface area contributed by atoms with Gasteiger partial charge in [0.2, 0.25) is 0 Å². The van der Waals surface area contributed by atoms with Crippen LogP contribution < -0.4 is 5.32 Å². The summed E-state index contributed by atoms with van der Waals surface area (Å²) in [4.78, 5) is 7.61. The molecule has 0 radical (unpaired) electrons. The summed E-state index contributed by atoms with van der Waals surface area (Å²) in [6.07, 6.45) is 2.25. The summed E-state index contributed by atoms with van der Waals surface area (Å²) in [5.41, 5.74) is 0.362. The van der Waals surface area contributed by atoms with Gasteiger partial charge in [-0.05, 0) is 13.3 Å². The van der Waals surface area contributed by atoms with E-state index in [9.17, 15) is 4.39 Å². The lowest BCUT2D eigenvalue weighted by atomic mass is 10.2. The van der Waals surface area contributed by atoms with Crippen molar-refractivity contribution in [3.63, 3.8) is 0 Å². The van der Waals surface area contributed by atoms with Gasteiger partial charge in [-0.15, -0.1) is 0 Å². The molecule has 1 aromatic heterocycles. The Morgan fingerprint density at radius 1 is 1.57 bits per heavy atom. The first-order chi connectivity index (χ1) is 6.77. The number of nitrogens with one attached hydrogen (secondary N) is 1. The molecule has 1 aliphatic rings. The van der Waals surface area contributed by atoms with Crippen LogP contribution in [0.25, 0.3) is 0 Å². The highest BCUT2D eigenvalue weighted by molar-refractivity contribution is 5.38. The molecule has 0 spiro atoms. The molecule has 1 fully saturated rings. The first-order valence-electron chi connectivity index (χ1n) is 4.59. The van der Waals surface area contributed by atoms with Crippen molar-refractivity contribution in [3.05, 3.63) is 17.8 Å². The quantitative estimate of drug-likeness (QED) is 0.771. The number of ether oxygens (including phenoxy) is 1. The van der Waals surface area contributed by atoms with Gasteiger partial charge in [-0.3, -0.25) is 0 Å².